The number of carbonyl (C=O) groups excluding carboxylic acids is 1. The van der Waals surface area contributed by atoms with Gasteiger partial charge in [-0.3, -0.25) is 4.79 Å². The van der Waals surface area contributed by atoms with E-state index in [1.165, 1.54) is 7.11 Å². The SMILES string of the molecule is COC(=O)CCCCCCCC[C@H](Cl)CC(Cl)(Cl)Cl. The molecule has 0 aromatic rings. The predicted octanol–water partition coefficient (Wildman–Crippen LogP) is 5.65. The minimum Gasteiger partial charge on any atom is -0.469 e. The summed E-state index contributed by atoms with van der Waals surface area (Å²) in [7, 11) is 1.42. The van der Waals surface area contributed by atoms with E-state index in [1.807, 2.05) is 0 Å². The van der Waals surface area contributed by atoms with Crippen molar-refractivity contribution in [2.24, 2.45) is 0 Å². The smallest absolute Gasteiger partial charge is 0.305 e. The molecule has 0 spiro atoms. The molecular weight excluding hydrogens is 330 g/mol. The Bertz CT molecular complexity index is 241. The maximum atomic E-state index is 10.9. The molecule has 0 N–H and O–H groups in total. The molecular formula is C13H22Cl4O2. The monoisotopic (exact) mass is 350 g/mol. The highest BCUT2D eigenvalue weighted by molar-refractivity contribution is 6.67. The van der Waals surface area contributed by atoms with Crippen molar-refractivity contribution in [1.82, 2.24) is 0 Å². The molecule has 0 aliphatic carbocycles. The van der Waals surface area contributed by atoms with Crippen LogP contribution >= 0.6 is 46.4 Å². The maximum Gasteiger partial charge on any atom is 0.305 e. The number of unbranched alkanes of at least 4 members (excludes halogenated alkanes) is 5. The van der Waals surface area contributed by atoms with Gasteiger partial charge in [-0.25, -0.2) is 0 Å². The van der Waals surface area contributed by atoms with Gasteiger partial charge in [0.2, 0.25) is 0 Å². The van der Waals surface area contributed by atoms with E-state index in [2.05, 4.69) is 4.74 Å². The normalized spacial score (nSPS) is 13.3. The van der Waals surface area contributed by atoms with Crippen LogP contribution in [0.15, 0.2) is 0 Å². The molecule has 0 radical (unpaired) electrons. The van der Waals surface area contributed by atoms with Crippen LogP contribution in [0.2, 0.25) is 0 Å². The second-order valence-electron chi connectivity index (χ2n) is 4.65. The molecule has 0 fully saturated rings. The van der Waals surface area contributed by atoms with Gasteiger partial charge in [0.05, 0.1) is 7.11 Å². The van der Waals surface area contributed by atoms with Crippen LogP contribution in [0.1, 0.15) is 57.8 Å². The predicted molar refractivity (Wildman–Crippen MR) is 83.5 cm³/mol. The largest absolute Gasteiger partial charge is 0.469 e. The van der Waals surface area contributed by atoms with E-state index in [9.17, 15) is 4.79 Å². The van der Waals surface area contributed by atoms with E-state index in [0.717, 1.165) is 44.9 Å². The second kappa shape index (κ2) is 11.3. The first-order valence-electron chi connectivity index (χ1n) is 6.63. The van der Waals surface area contributed by atoms with E-state index in [0.29, 0.717) is 12.8 Å². The van der Waals surface area contributed by atoms with Crippen LogP contribution < -0.4 is 0 Å². The highest BCUT2D eigenvalue weighted by atomic mass is 35.6. The van der Waals surface area contributed by atoms with Crippen LogP contribution in [-0.4, -0.2) is 22.2 Å². The third-order valence-corrected chi connectivity index (χ3v) is 3.66. The number of hydrogen-bond donors (Lipinski definition) is 0. The van der Waals surface area contributed by atoms with Gasteiger partial charge in [-0.1, -0.05) is 66.9 Å². The summed E-state index contributed by atoms with van der Waals surface area (Å²) in [4.78, 5) is 10.9. The number of carbonyl (C=O) groups is 1. The molecule has 0 heterocycles. The van der Waals surface area contributed by atoms with E-state index in [-0.39, 0.29) is 11.3 Å². The molecule has 1 atom stereocenters. The van der Waals surface area contributed by atoms with Crippen LogP contribution in [0, 0.1) is 0 Å². The van der Waals surface area contributed by atoms with Gasteiger partial charge in [0, 0.05) is 18.2 Å². The number of methoxy groups -OCH3 is 1. The molecule has 0 saturated carbocycles. The summed E-state index contributed by atoms with van der Waals surface area (Å²) < 4.78 is 3.33. The third-order valence-electron chi connectivity index (χ3n) is 2.83. The summed E-state index contributed by atoms with van der Waals surface area (Å²) in [5.74, 6) is -0.128. The molecule has 0 aliphatic heterocycles. The van der Waals surface area contributed by atoms with E-state index in [4.69, 9.17) is 46.4 Å². The average molecular weight is 352 g/mol. The Kier molecular flexibility index (Phi) is 11.7. The highest BCUT2D eigenvalue weighted by Crippen LogP contribution is 2.34. The Hall–Kier alpha value is 0.630. The van der Waals surface area contributed by atoms with Crippen LogP contribution in [0.3, 0.4) is 0 Å². The summed E-state index contributed by atoms with van der Waals surface area (Å²) in [6.45, 7) is 0. The van der Waals surface area contributed by atoms with Crippen molar-refractivity contribution in [3.05, 3.63) is 0 Å². The Morgan fingerprint density at radius 2 is 1.58 bits per heavy atom. The summed E-state index contributed by atoms with van der Waals surface area (Å²) in [6, 6.07) is 0. The fourth-order valence-corrected chi connectivity index (χ4v) is 2.98. The first kappa shape index (κ1) is 19.6. The molecule has 0 aromatic heterocycles. The van der Waals surface area contributed by atoms with Gasteiger partial charge < -0.3 is 4.74 Å². The summed E-state index contributed by atoms with van der Waals surface area (Å²) in [6.07, 6.45) is 8.20. The molecule has 0 rings (SSSR count). The lowest BCUT2D eigenvalue weighted by molar-refractivity contribution is -0.140. The van der Waals surface area contributed by atoms with Crippen LogP contribution in [0.25, 0.3) is 0 Å². The number of halogens is 4. The Labute approximate surface area is 136 Å². The molecule has 0 saturated heterocycles. The minimum atomic E-state index is -1.25. The van der Waals surface area contributed by atoms with E-state index >= 15 is 0 Å². The molecule has 6 heteroatoms. The zero-order chi connectivity index (χ0) is 14.7. The van der Waals surface area contributed by atoms with Gasteiger partial charge in [0.1, 0.15) is 0 Å². The zero-order valence-corrected chi connectivity index (χ0v) is 14.3. The Morgan fingerprint density at radius 1 is 1.05 bits per heavy atom. The number of ether oxygens (including phenoxy) is 1. The molecule has 0 unspecified atom stereocenters. The lowest BCUT2D eigenvalue weighted by atomic mass is 10.1. The van der Waals surface area contributed by atoms with Gasteiger partial charge in [-0.15, -0.1) is 11.6 Å². The first-order chi connectivity index (χ1) is 8.85. The van der Waals surface area contributed by atoms with E-state index < -0.39 is 3.79 Å². The Balaban J connectivity index is 3.29. The van der Waals surface area contributed by atoms with Crippen molar-refractivity contribution in [3.63, 3.8) is 0 Å². The standard InChI is InChI=1S/C13H22Cl4O2/c1-19-12(18)9-7-5-3-2-4-6-8-11(14)10-13(15,16)17/h11H,2-10H2,1H3/t11-/m0/s1. The van der Waals surface area contributed by atoms with Crippen LogP contribution in [-0.2, 0) is 9.53 Å². The van der Waals surface area contributed by atoms with Crippen molar-refractivity contribution in [2.75, 3.05) is 7.11 Å². The first-order valence-corrected chi connectivity index (χ1v) is 8.20. The molecule has 19 heavy (non-hydrogen) atoms. The van der Waals surface area contributed by atoms with Gasteiger partial charge in [-0.05, 0) is 12.8 Å². The van der Waals surface area contributed by atoms with Crippen molar-refractivity contribution < 1.29 is 9.53 Å². The molecule has 114 valence electrons. The number of hydrogen-bond acceptors (Lipinski definition) is 2. The van der Waals surface area contributed by atoms with Gasteiger partial charge in [-0.2, -0.15) is 0 Å². The number of alkyl halides is 4. The summed E-state index contributed by atoms with van der Waals surface area (Å²) in [5.41, 5.74) is 0. The minimum absolute atomic E-state index is 0.0770. The van der Waals surface area contributed by atoms with Gasteiger partial charge in [0.25, 0.3) is 0 Å². The quantitative estimate of drug-likeness (QED) is 0.289. The van der Waals surface area contributed by atoms with E-state index in [1.54, 1.807) is 0 Å². The summed E-state index contributed by atoms with van der Waals surface area (Å²) >= 11 is 23.1. The van der Waals surface area contributed by atoms with Gasteiger partial charge >= 0.3 is 5.97 Å². The van der Waals surface area contributed by atoms with Crippen molar-refractivity contribution in [1.29, 1.82) is 0 Å². The van der Waals surface area contributed by atoms with Gasteiger partial charge in [0.15, 0.2) is 3.79 Å². The average Bonchev–Trinajstić information content (AvgIpc) is 2.29. The lowest BCUT2D eigenvalue weighted by Gasteiger charge is -2.15. The van der Waals surface area contributed by atoms with Crippen LogP contribution in [0.5, 0.6) is 0 Å². The molecule has 0 aromatic carbocycles. The zero-order valence-electron chi connectivity index (χ0n) is 11.3. The second-order valence-corrected chi connectivity index (χ2v) is 7.79. The third kappa shape index (κ3) is 14.8. The van der Waals surface area contributed by atoms with Crippen molar-refractivity contribution in [2.45, 2.75) is 67.0 Å². The number of rotatable bonds is 10. The summed E-state index contributed by atoms with van der Waals surface area (Å²) in [5, 5.41) is -0.0770. The molecule has 0 aliphatic rings. The topological polar surface area (TPSA) is 26.3 Å². The number of esters is 1. The highest BCUT2D eigenvalue weighted by Gasteiger charge is 2.23. The molecule has 0 bridgehead atoms. The lowest BCUT2D eigenvalue weighted by Crippen LogP contribution is -2.11. The van der Waals surface area contributed by atoms with Crippen molar-refractivity contribution in [3.8, 4) is 0 Å². The fourth-order valence-electron chi connectivity index (χ4n) is 1.80. The maximum absolute atomic E-state index is 10.9. The van der Waals surface area contributed by atoms with Crippen molar-refractivity contribution >= 4 is 52.4 Å². The fraction of sp³-hybridized carbons (Fsp3) is 0.923. The van der Waals surface area contributed by atoms with Crippen LogP contribution in [0.4, 0.5) is 0 Å². The molecule has 2 nitrogen and oxygen atoms in total. The molecule has 0 amide bonds. The Morgan fingerprint density at radius 3 is 2.11 bits per heavy atom.